The topological polar surface area (TPSA) is 18.5 Å². The molecule has 0 aliphatic rings. The third kappa shape index (κ3) is 21.9. The molecule has 0 aromatic rings. The minimum Gasteiger partial charge on any atom is -0.379 e. The molecular weight excluding hydrogens is 284 g/mol. The number of rotatable bonds is 20. The summed E-state index contributed by atoms with van der Waals surface area (Å²) in [5.74, 6) is 0. The van der Waals surface area contributed by atoms with E-state index in [0.717, 1.165) is 26.4 Å². The van der Waals surface area contributed by atoms with Gasteiger partial charge in [0.2, 0.25) is 0 Å². The van der Waals surface area contributed by atoms with E-state index in [-0.39, 0.29) is 0 Å². The van der Waals surface area contributed by atoms with Crippen molar-refractivity contribution >= 4 is 0 Å². The second-order valence-corrected chi connectivity index (χ2v) is 6.82. The summed E-state index contributed by atoms with van der Waals surface area (Å²) >= 11 is 0. The molecule has 23 heavy (non-hydrogen) atoms. The predicted molar refractivity (Wildman–Crippen MR) is 102 cm³/mol. The molecule has 0 bridgehead atoms. The summed E-state index contributed by atoms with van der Waals surface area (Å²) in [7, 11) is 0. The fourth-order valence-corrected chi connectivity index (χ4v) is 2.82. The lowest BCUT2D eigenvalue weighted by molar-refractivity contribution is 0.0448. The van der Waals surface area contributed by atoms with E-state index in [1.165, 1.54) is 96.3 Å². The molecule has 2 nitrogen and oxygen atoms in total. The van der Waals surface area contributed by atoms with E-state index in [1.54, 1.807) is 0 Å². The quantitative estimate of drug-likeness (QED) is 0.226. The molecule has 140 valence electrons. The SMILES string of the molecule is CCCCCCCCCCCCOCCOCCCCCCC. The van der Waals surface area contributed by atoms with Gasteiger partial charge in [-0.15, -0.1) is 0 Å². The second-order valence-electron chi connectivity index (χ2n) is 6.82. The summed E-state index contributed by atoms with van der Waals surface area (Å²) in [5.41, 5.74) is 0. The molecular formula is C21H44O2. The molecule has 0 heterocycles. The van der Waals surface area contributed by atoms with Gasteiger partial charge in [0, 0.05) is 13.2 Å². The Kier molecular flexibility index (Phi) is 21.8. The molecule has 0 fully saturated rings. The van der Waals surface area contributed by atoms with Crippen molar-refractivity contribution in [3.05, 3.63) is 0 Å². The van der Waals surface area contributed by atoms with E-state index in [0.29, 0.717) is 0 Å². The molecule has 0 N–H and O–H groups in total. The van der Waals surface area contributed by atoms with Crippen LogP contribution in [0.3, 0.4) is 0 Å². The zero-order chi connectivity index (χ0) is 16.8. The smallest absolute Gasteiger partial charge is 0.0700 e. The van der Waals surface area contributed by atoms with E-state index >= 15 is 0 Å². The molecule has 2 heteroatoms. The van der Waals surface area contributed by atoms with Crippen molar-refractivity contribution in [1.29, 1.82) is 0 Å². The standard InChI is InChI=1S/C21H44O2/c1-3-5-7-9-10-11-12-13-15-17-19-23-21-20-22-18-16-14-8-6-4-2/h3-21H2,1-2H3. The van der Waals surface area contributed by atoms with Crippen LogP contribution in [0.1, 0.15) is 110 Å². The maximum absolute atomic E-state index is 5.63. The zero-order valence-electron chi connectivity index (χ0n) is 16.3. The molecule has 0 spiro atoms. The van der Waals surface area contributed by atoms with Crippen LogP contribution in [0.2, 0.25) is 0 Å². The monoisotopic (exact) mass is 328 g/mol. The van der Waals surface area contributed by atoms with Gasteiger partial charge in [-0.05, 0) is 12.8 Å². The van der Waals surface area contributed by atoms with Crippen molar-refractivity contribution in [3.63, 3.8) is 0 Å². The van der Waals surface area contributed by atoms with E-state index in [1.807, 2.05) is 0 Å². The zero-order valence-corrected chi connectivity index (χ0v) is 16.3. The number of ether oxygens (including phenoxy) is 2. The average molecular weight is 329 g/mol. The van der Waals surface area contributed by atoms with Crippen LogP contribution in [0.5, 0.6) is 0 Å². The van der Waals surface area contributed by atoms with Crippen LogP contribution in [0, 0.1) is 0 Å². The van der Waals surface area contributed by atoms with Crippen molar-refractivity contribution in [3.8, 4) is 0 Å². The fraction of sp³-hybridized carbons (Fsp3) is 1.00. The largest absolute Gasteiger partial charge is 0.379 e. The summed E-state index contributed by atoms with van der Waals surface area (Å²) in [6.07, 6.45) is 20.4. The Hall–Kier alpha value is -0.0800. The first kappa shape index (κ1) is 22.9. The van der Waals surface area contributed by atoms with Crippen LogP contribution in [0.25, 0.3) is 0 Å². The fourth-order valence-electron chi connectivity index (χ4n) is 2.82. The van der Waals surface area contributed by atoms with E-state index in [4.69, 9.17) is 9.47 Å². The van der Waals surface area contributed by atoms with Gasteiger partial charge in [-0.25, -0.2) is 0 Å². The van der Waals surface area contributed by atoms with Crippen LogP contribution < -0.4 is 0 Å². The van der Waals surface area contributed by atoms with Crippen molar-refractivity contribution in [2.45, 2.75) is 110 Å². The Morgan fingerprint density at radius 3 is 1.00 bits per heavy atom. The third-order valence-corrected chi connectivity index (χ3v) is 4.41. The van der Waals surface area contributed by atoms with Gasteiger partial charge in [-0.2, -0.15) is 0 Å². The van der Waals surface area contributed by atoms with E-state index in [2.05, 4.69) is 13.8 Å². The predicted octanol–water partition coefficient (Wildman–Crippen LogP) is 6.91. The molecule has 0 radical (unpaired) electrons. The Balaban J connectivity index is 2.92. The molecule has 0 rings (SSSR count). The minimum atomic E-state index is 0.769. The first-order valence-corrected chi connectivity index (χ1v) is 10.6. The van der Waals surface area contributed by atoms with Crippen LogP contribution in [-0.2, 0) is 9.47 Å². The highest BCUT2D eigenvalue weighted by Crippen LogP contribution is 2.10. The second kappa shape index (κ2) is 21.9. The molecule has 0 atom stereocenters. The number of hydrogen-bond acceptors (Lipinski definition) is 2. The first-order valence-electron chi connectivity index (χ1n) is 10.6. The lowest BCUT2D eigenvalue weighted by atomic mass is 10.1. The van der Waals surface area contributed by atoms with Crippen molar-refractivity contribution < 1.29 is 9.47 Å². The summed E-state index contributed by atoms with van der Waals surface area (Å²) in [5, 5.41) is 0. The van der Waals surface area contributed by atoms with Gasteiger partial charge in [-0.1, -0.05) is 97.3 Å². The molecule has 0 saturated carbocycles. The van der Waals surface area contributed by atoms with Crippen molar-refractivity contribution in [1.82, 2.24) is 0 Å². The van der Waals surface area contributed by atoms with Gasteiger partial charge in [0.1, 0.15) is 0 Å². The Labute approximate surface area is 146 Å². The van der Waals surface area contributed by atoms with E-state index in [9.17, 15) is 0 Å². The molecule has 0 saturated heterocycles. The summed E-state index contributed by atoms with van der Waals surface area (Å²) in [6.45, 7) is 7.89. The maximum atomic E-state index is 5.63. The maximum Gasteiger partial charge on any atom is 0.0700 e. The van der Waals surface area contributed by atoms with Gasteiger partial charge in [0.15, 0.2) is 0 Å². The van der Waals surface area contributed by atoms with Crippen LogP contribution >= 0.6 is 0 Å². The highest BCUT2D eigenvalue weighted by atomic mass is 16.5. The molecule has 0 aromatic carbocycles. The highest BCUT2D eigenvalue weighted by molar-refractivity contribution is 4.47. The van der Waals surface area contributed by atoms with Gasteiger partial charge in [-0.3, -0.25) is 0 Å². The molecule has 0 unspecified atom stereocenters. The van der Waals surface area contributed by atoms with E-state index < -0.39 is 0 Å². The van der Waals surface area contributed by atoms with Crippen molar-refractivity contribution in [2.75, 3.05) is 26.4 Å². The Morgan fingerprint density at radius 2 is 0.652 bits per heavy atom. The average Bonchev–Trinajstić information content (AvgIpc) is 2.57. The van der Waals surface area contributed by atoms with Gasteiger partial charge >= 0.3 is 0 Å². The molecule has 0 aliphatic heterocycles. The Bertz CT molecular complexity index is 174. The molecule has 0 aliphatic carbocycles. The minimum absolute atomic E-state index is 0.769. The van der Waals surface area contributed by atoms with Crippen LogP contribution in [0.15, 0.2) is 0 Å². The lowest BCUT2D eigenvalue weighted by Crippen LogP contribution is -2.06. The first-order chi connectivity index (χ1) is 11.4. The van der Waals surface area contributed by atoms with Gasteiger partial charge in [0.25, 0.3) is 0 Å². The third-order valence-electron chi connectivity index (χ3n) is 4.41. The normalized spacial score (nSPS) is 11.2. The summed E-state index contributed by atoms with van der Waals surface area (Å²) in [6, 6.07) is 0. The molecule has 0 amide bonds. The van der Waals surface area contributed by atoms with Crippen LogP contribution in [-0.4, -0.2) is 26.4 Å². The number of unbranched alkanes of at least 4 members (excludes halogenated alkanes) is 13. The highest BCUT2D eigenvalue weighted by Gasteiger charge is 1.94. The summed E-state index contributed by atoms with van der Waals surface area (Å²) < 4.78 is 11.2. The van der Waals surface area contributed by atoms with Gasteiger partial charge < -0.3 is 9.47 Å². The van der Waals surface area contributed by atoms with Crippen molar-refractivity contribution in [2.24, 2.45) is 0 Å². The van der Waals surface area contributed by atoms with Gasteiger partial charge in [0.05, 0.1) is 13.2 Å². The Morgan fingerprint density at radius 1 is 0.348 bits per heavy atom. The summed E-state index contributed by atoms with van der Waals surface area (Å²) in [4.78, 5) is 0. The lowest BCUT2D eigenvalue weighted by Gasteiger charge is -2.06. The van der Waals surface area contributed by atoms with Crippen LogP contribution in [0.4, 0.5) is 0 Å². The number of hydrogen-bond donors (Lipinski definition) is 0. The molecule has 0 aromatic heterocycles.